The number of alkyl halides is 9. The normalized spacial score (nSPS) is 31.8. The first-order chi connectivity index (χ1) is 15.1. The lowest BCUT2D eigenvalue weighted by Crippen LogP contribution is -2.50. The Hall–Kier alpha value is -1.87. The number of hydrogen-bond donors (Lipinski definition) is 1. The molecule has 0 amide bonds. The van der Waals surface area contributed by atoms with Crippen molar-refractivity contribution < 1.29 is 79.6 Å². The van der Waals surface area contributed by atoms with Crippen molar-refractivity contribution >= 4 is 32.3 Å². The molecule has 3 rings (SSSR count). The smallest absolute Gasteiger partial charge is 0.459 e. The monoisotopic (exact) mass is 559 g/mol. The molecule has 21 heteroatoms. The highest BCUT2D eigenvalue weighted by atomic mass is 32.3. The second-order valence-corrected chi connectivity index (χ2v) is 10.7. The average molecular weight is 559 g/mol. The zero-order chi connectivity index (χ0) is 26.2. The van der Waals surface area contributed by atoms with Crippen molar-refractivity contribution in [1.29, 1.82) is 0 Å². The molecular formula is C13H10F9NO9S2. The molecular weight excluding hydrogens is 549 g/mol. The number of nitrogens with one attached hydrogen (secondary N) is 1. The van der Waals surface area contributed by atoms with Crippen LogP contribution >= 0.6 is 0 Å². The molecule has 3 fully saturated rings. The summed E-state index contributed by atoms with van der Waals surface area (Å²) < 4.78 is 172. The lowest BCUT2D eigenvalue weighted by Gasteiger charge is -2.31. The average Bonchev–Trinajstić information content (AvgIpc) is 3.18. The SMILES string of the molecule is O=C1OC2C3CC(C2OS(=O)(=O)NS(=O)(=O)C(F)(F)F)C(C(=O)OC(C(F)(F)F)C(F)(F)F)C13. The third-order valence-corrected chi connectivity index (χ3v) is 8.18. The van der Waals surface area contributed by atoms with Gasteiger partial charge in [0, 0.05) is 11.8 Å². The van der Waals surface area contributed by atoms with Crippen LogP contribution in [0, 0.1) is 23.7 Å². The van der Waals surface area contributed by atoms with E-state index in [0.717, 1.165) is 0 Å². The Morgan fingerprint density at radius 1 is 0.971 bits per heavy atom. The molecule has 6 atom stereocenters. The van der Waals surface area contributed by atoms with Crippen molar-refractivity contribution in [1.82, 2.24) is 4.13 Å². The van der Waals surface area contributed by atoms with Crippen LogP contribution in [0.15, 0.2) is 0 Å². The maximum absolute atomic E-state index is 12.7. The minimum Gasteiger partial charge on any atom is -0.459 e. The van der Waals surface area contributed by atoms with Gasteiger partial charge in [-0.05, 0) is 6.42 Å². The molecule has 10 nitrogen and oxygen atoms in total. The van der Waals surface area contributed by atoms with Crippen LogP contribution in [-0.2, 0) is 43.6 Å². The van der Waals surface area contributed by atoms with Crippen molar-refractivity contribution in [3.8, 4) is 0 Å². The van der Waals surface area contributed by atoms with Crippen LogP contribution in [0.5, 0.6) is 0 Å². The van der Waals surface area contributed by atoms with Crippen molar-refractivity contribution in [3.63, 3.8) is 0 Å². The minimum atomic E-state index is -6.53. The molecule has 0 radical (unpaired) electrons. The second kappa shape index (κ2) is 7.82. The summed E-state index contributed by atoms with van der Waals surface area (Å²) in [5.41, 5.74) is -6.11. The molecule has 2 saturated carbocycles. The molecule has 1 heterocycles. The highest BCUT2D eigenvalue weighted by Gasteiger charge is 2.71. The van der Waals surface area contributed by atoms with Crippen LogP contribution in [0.1, 0.15) is 6.42 Å². The highest BCUT2D eigenvalue weighted by Crippen LogP contribution is 2.59. The standard InChI is InChI=1S/C13H10F9NO9S2/c14-11(15,16)10(12(17,18)19)31-9(25)5-3-1-2-4(5)8(24)30-6(2)7(3)32-34(28,29)23-33(26,27)13(20,21)22/h2-7,10,23H,1H2. The van der Waals surface area contributed by atoms with E-state index in [2.05, 4.69) is 8.92 Å². The zero-order valence-electron chi connectivity index (χ0n) is 15.6. The number of ether oxygens (including phenoxy) is 2. The summed E-state index contributed by atoms with van der Waals surface area (Å²) in [6.45, 7) is 0. The number of sulfonamides is 1. The van der Waals surface area contributed by atoms with E-state index in [4.69, 9.17) is 4.74 Å². The summed E-state index contributed by atoms with van der Waals surface area (Å²) in [5.74, 6) is -10.2. The van der Waals surface area contributed by atoms with Gasteiger partial charge >= 0.3 is 50.1 Å². The number of rotatable bonds is 6. The Balaban J connectivity index is 1.86. The molecule has 0 spiro atoms. The lowest BCUT2D eigenvalue weighted by atomic mass is 9.78. The molecule has 2 bridgehead atoms. The van der Waals surface area contributed by atoms with Gasteiger partial charge in [-0.25, -0.2) is 12.6 Å². The van der Waals surface area contributed by atoms with Gasteiger partial charge in [0.2, 0.25) is 0 Å². The molecule has 0 aromatic rings. The van der Waals surface area contributed by atoms with Crippen LogP contribution < -0.4 is 4.13 Å². The van der Waals surface area contributed by atoms with Crippen LogP contribution in [0.2, 0.25) is 0 Å². The predicted octanol–water partition coefficient (Wildman–Crippen LogP) is 0.899. The first-order valence-electron chi connectivity index (χ1n) is 8.64. The second-order valence-electron chi connectivity index (χ2n) is 7.46. The van der Waals surface area contributed by atoms with Gasteiger partial charge in [-0.3, -0.25) is 9.59 Å². The molecule has 0 aromatic heterocycles. The first kappa shape index (κ1) is 26.7. The number of carbonyl (C=O) groups is 2. The molecule has 6 unspecified atom stereocenters. The summed E-state index contributed by atoms with van der Waals surface area (Å²) in [7, 11) is -12.4. The molecule has 2 aliphatic carbocycles. The molecule has 1 saturated heterocycles. The molecule has 1 N–H and O–H groups in total. The Morgan fingerprint density at radius 3 is 1.97 bits per heavy atom. The summed E-state index contributed by atoms with van der Waals surface area (Å²) in [6, 6.07) is 0. The van der Waals surface area contributed by atoms with E-state index >= 15 is 0 Å². The Morgan fingerprint density at radius 2 is 1.50 bits per heavy atom. The van der Waals surface area contributed by atoms with Gasteiger partial charge < -0.3 is 9.47 Å². The predicted molar refractivity (Wildman–Crippen MR) is 82.4 cm³/mol. The lowest BCUT2D eigenvalue weighted by molar-refractivity contribution is -0.315. The van der Waals surface area contributed by atoms with Gasteiger partial charge in [0.25, 0.3) is 6.10 Å². The topological polar surface area (TPSA) is 142 Å². The van der Waals surface area contributed by atoms with Gasteiger partial charge in [0.1, 0.15) is 12.2 Å². The Labute approximate surface area is 183 Å². The van der Waals surface area contributed by atoms with Crippen molar-refractivity contribution in [2.45, 2.75) is 42.6 Å². The maximum atomic E-state index is 12.7. The molecule has 0 aromatic carbocycles. The fraction of sp³-hybridized carbons (Fsp3) is 0.846. The van der Waals surface area contributed by atoms with Crippen molar-refractivity contribution in [2.75, 3.05) is 0 Å². The number of esters is 2. The Kier molecular flexibility index (Phi) is 6.14. The number of fused-ring (bicyclic) bond motifs is 1. The van der Waals surface area contributed by atoms with E-state index < -0.39 is 98.5 Å². The number of carbonyl (C=O) groups excluding carboxylic acids is 2. The van der Waals surface area contributed by atoms with E-state index in [1.807, 2.05) is 0 Å². The fourth-order valence-corrected chi connectivity index (χ4v) is 6.46. The van der Waals surface area contributed by atoms with E-state index in [1.54, 1.807) is 0 Å². The minimum absolute atomic E-state index is 0.188. The van der Waals surface area contributed by atoms with Gasteiger partial charge in [-0.1, -0.05) is 4.13 Å². The summed E-state index contributed by atoms with van der Waals surface area (Å²) >= 11 is 0. The van der Waals surface area contributed by atoms with E-state index in [9.17, 15) is 65.9 Å². The third-order valence-electron chi connectivity index (χ3n) is 5.40. The summed E-state index contributed by atoms with van der Waals surface area (Å²) in [5, 5.41) is 0. The third kappa shape index (κ3) is 4.65. The Bertz CT molecular complexity index is 1070. The highest BCUT2D eigenvalue weighted by molar-refractivity contribution is 8.03. The molecule has 34 heavy (non-hydrogen) atoms. The largest absolute Gasteiger partial charge is 0.512 e. The van der Waals surface area contributed by atoms with Crippen molar-refractivity contribution in [3.05, 3.63) is 0 Å². The van der Waals surface area contributed by atoms with Crippen LogP contribution in [0.4, 0.5) is 39.5 Å². The molecule has 196 valence electrons. The maximum Gasteiger partial charge on any atom is 0.512 e. The van der Waals surface area contributed by atoms with Gasteiger partial charge in [-0.15, -0.1) is 0 Å². The molecule has 3 aliphatic rings. The number of halogens is 9. The van der Waals surface area contributed by atoms with Crippen LogP contribution in [0.25, 0.3) is 0 Å². The molecule has 1 aliphatic heterocycles. The quantitative estimate of drug-likeness (QED) is 0.371. The van der Waals surface area contributed by atoms with E-state index in [0.29, 0.717) is 0 Å². The van der Waals surface area contributed by atoms with Gasteiger partial charge in [0.15, 0.2) is 0 Å². The van der Waals surface area contributed by atoms with Gasteiger partial charge in [-0.2, -0.15) is 47.9 Å². The summed E-state index contributed by atoms with van der Waals surface area (Å²) in [4.78, 5) is 24.3. The fourth-order valence-electron chi connectivity index (χ4n) is 4.30. The van der Waals surface area contributed by atoms with Gasteiger partial charge in [0.05, 0.1) is 11.8 Å². The summed E-state index contributed by atoms with van der Waals surface area (Å²) in [6.07, 6.45) is -20.9. The van der Waals surface area contributed by atoms with Crippen molar-refractivity contribution in [2.24, 2.45) is 23.7 Å². The van der Waals surface area contributed by atoms with Crippen LogP contribution in [-0.4, -0.2) is 64.9 Å². The van der Waals surface area contributed by atoms with Crippen LogP contribution in [0.3, 0.4) is 0 Å². The van der Waals surface area contributed by atoms with E-state index in [-0.39, 0.29) is 4.13 Å². The number of hydrogen-bond acceptors (Lipinski definition) is 9. The first-order valence-corrected chi connectivity index (χ1v) is 11.5. The van der Waals surface area contributed by atoms with E-state index in [1.165, 1.54) is 0 Å². The zero-order valence-corrected chi connectivity index (χ0v) is 17.3.